The minimum Gasteiger partial charge on any atom is -0.394 e. The van der Waals surface area contributed by atoms with Gasteiger partial charge in [0.25, 0.3) is 0 Å². The third kappa shape index (κ3) is 3.01. The summed E-state index contributed by atoms with van der Waals surface area (Å²) in [4.78, 5) is 12.2. The fraction of sp³-hybridized carbons (Fsp3) is 0.929. The minimum atomic E-state index is -0.292. The van der Waals surface area contributed by atoms with Crippen molar-refractivity contribution in [3.63, 3.8) is 0 Å². The maximum absolute atomic E-state index is 12.2. The van der Waals surface area contributed by atoms with Crippen molar-refractivity contribution in [1.82, 2.24) is 5.32 Å². The highest BCUT2D eigenvalue weighted by Gasteiger charge is 2.36. The summed E-state index contributed by atoms with van der Waals surface area (Å²) < 4.78 is 0. The first kappa shape index (κ1) is 12.9. The van der Waals surface area contributed by atoms with Crippen LogP contribution in [0.1, 0.15) is 58.3 Å². The van der Waals surface area contributed by atoms with Crippen molar-refractivity contribution in [2.75, 3.05) is 6.61 Å². The molecule has 17 heavy (non-hydrogen) atoms. The summed E-state index contributed by atoms with van der Waals surface area (Å²) in [5.74, 6) is 1.15. The van der Waals surface area contributed by atoms with Crippen molar-refractivity contribution in [2.45, 2.75) is 63.8 Å². The Morgan fingerprint density at radius 3 is 2.35 bits per heavy atom. The zero-order valence-corrected chi connectivity index (χ0v) is 10.9. The summed E-state index contributed by atoms with van der Waals surface area (Å²) in [7, 11) is 0. The predicted octanol–water partition coefficient (Wildman–Crippen LogP) is 2.23. The predicted molar refractivity (Wildman–Crippen MR) is 67.5 cm³/mol. The lowest BCUT2D eigenvalue weighted by atomic mass is 9.82. The Morgan fingerprint density at radius 1 is 1.24 bits per heavy atom. The molecule has 0 saturated heterocycles. The maximum Gasteiger partial charge on any atom is 0.223 e. The van der Waals surface area contributed by atoms with E-state index in [2.05, 4.69) is 12.2 Å². The van der Waals surface area contributed by atoms with Gasteiger partial charge < -0.3 is 10.4 Å². The van der Waals surface area contributed by atoms with Crippen LogP contribution < -0.4 is 5.32 Å². The summed E-state index contributed by atoms with van der Waals surface area (Å²) in [6, 6.07) is 0. The topological polar surface area (TPSA) is 49.3 Å². The van der Waals surface area contributed by atoms with E-state index in [1.54, 1.807) is 0 Å². The van der Waals surface area contributed by atoms with E-state index >= 15 is 0 Å². The molecule has 2 rings (SSSR count). The molecule has 0 bridgehead atoms. The average Bonchev–Trinajstić information content (AvgIpc) is 2.79. The SMILES string of the molecule is C[C@H]1CC[C@@H](C(=O)NC2(CO)CCCC2)CC1. The molecule has 1 amide bonds. The van der Waals surface area contributed by atoms with Gasteiger partial charge in [-0.1, -0.05) is 19.8 Å². The Hall–Kier alpha value is -0.570. The number of hydrogen-bond donors (Lipinski definition) is 2. The molecule has 0 aromatic carbocycles. The normalized spacial score (nSPS) is 32.4. The molecule has 0 heterocycles. The Bertz CT molecular complexity index is 263. The summed E-state index contributed by atoms with van der Waals surface area (Å²) >= 11 is 0. The van der Waals surface area contributed by atoms with E-state index in [1.165, 1.54) is 12.8 Å². The van der Waals surface area contributed by atoms with Crippen molar-refractivity contribution in [3.05, 3.63) is 0 Å². The van der Waals surface area contributed by atoms with Gasteiger partial charge in [-0.2, -0.15) is 0 Å². The molecule has 0 aromatic heterocycles. The third-order valence-electron chi connectivity index (χ3n) is 4.64. The molecule has 0 unspecified atom stereocenters. The zero-order chi connectivity index (χ0) is 12.3. The molecule has 2 aliphatic carbocycles. The molecule has 0 radical (unpaired) electrons. The van der Waals surface area contributed by atoms with Gasteiger partial charge in [0.15, 0.2) is 0 Å². The summed E-state index contributed by atoms with van der Waals surface area (Å²) in [5, 5.41) is 12.6. The van der Waals surface area contributed by atoms with Crippen LogP contribution in [0, 0.1) is 11.8 Å². The van der Waals surface area contributed by atoms with Crippen molar-refractivity contribution in [2.24, 2.45) is 11.8 Å². The van der Waals surface area contributed by atoms with E-state index in [1.807, 2.05) is 0 Å². The Kier molecular flexibility index (Phi) is 4.08. The van der Waals surface area contributed by atoms with E-state index in [0.29, 0.717) is 0 Å². The summed E-state index contributed by atoms with van der Waals surface area (Å²) in [5.41, 5.74) is -0.292. The van der Waals surface area contributed by atoms with E-state index < -0.39 is 0 Å². The van der Waals surface area contributed by atoms with Gasteiger partial charge in [-0.3, -0.25) is 4.79 Å². The summed E-state index contributed by atoms with van der Waals surface area (Å²) in [6.45, 7) is 2.36. The van der Waals surface area contributed by atoms with Crippen LogP contribution in [-0.4, -0.2) is 23.2 Å². The number of hydrogen-bond acceptors (Lipinski definition) is 2. The van der Waals surface area contributed by atoms with Crippen LogP contribution in [0.5, 0.6) is 0 Å². The quantitative estimate of drug-likeness (QED) is 0.793. The molecule has 0 spiro atoms. The Labute approximate surface area is 104 Å². The van der Waals surface area contributed by atoms with Crippen LogP contribution >= 0.6 is 0 Å². The van der Waals surface area contributed by atoms with E-state index in [4.69, 9.17) is 0 Å². The van der Waals surface area contributed by atoms with Crippen molar-refractivity contribution in [1.29, 1.82) is 0 Å². The van der Waals surface area contributed by atoms with Gasteiger partial charge in [0, 0.05) is 5.92 Å². The lowest BCUT2D eigenvalue weighted by Crippen LogP contribution is -2.51. The lowest BCUT2D eigenvalue weighted by molar-refractivity contribution is -0.128. The third-order valence-corrected chi connectivity index (χ3v) is 4.64. The van der Waals surface area contributed by atoms with Gasteiger partial charge in [-0.25, -0.2) is 0 Å². The molecular weight excluding hydrogens is 214 g/mol. The molecular formula is C14H25NO2. The highest BCUT2D eigenvalue weighted by molar-refractivity contribution is 5.79. The molecule has 0 aliphatic heterocycles. The zero-order valence-electron chi connectivity index (χ0n) is 10.9. The second-order valence-corrected chi connectivity index (χ2v) is 6.09. The highest BCUT2D eigenvalue weighted by Crippen LogP contribution is 2.32. The smallest absolute Gasteiger partial charge is 0.223 e. The molecule has 0 aromatic rings. The number of aliphatic hydroxyl groups is 1. The number of carbonyl (C=O) groups excluding carboxylic acids is 1. The molecule has 2 fully saturated rings. The Morgan fingerprint density at radius 2 is 1.82 bits per heavy atom. The van der Waals surface area contributed by atoms with Crippen LogP contribution in [0.25, 0.3) is 0 Å². The monoisotopic (exact) mass is 239 g/mol. The Balaban J connectivity index is 1.87. The molecule has 0 atom stereocenters. The number of carbonyl (C=O) groups is 1. The van der Waals surface area contributed by atoms with Crippen LogP contribution in [0.3, 0.4) is 0 Å². The average molecular weight is 239 g/mol. The number of rotatable bonds is 3. The summed E-state index contributed by atoms with van der Waals surface area (Å²) in [6.07, 6.45) is 8.53. The van der Waals surface area contributed by atoms with Gasteiger partial charge in [-0.05, 0) is 44.4 Å². The van der Waals surface area contributed by atoms with Crippen LogP contribution in [0.4, 0.5) is 0 Å². The first-order valence-electron chi connectivity index (χ1n) is 7.08. The molecule has 3 nitrogen and oxygen atoms in total. The largest absolute Gasteiger partial charge is 0.394 e. The van der Waals surface area contributed by atoms with Gasteiger partial charge >= 0.3 is 0 Å². The van der Waals surface area contributed by atoms with Gasteiger partial charge in [0.05, 0.1) is 12.1 Å². The van der Waals surface area contributed by atoms with Crippen molar-refractivity contribution < 1.29 is 9.90 Å². The molecule has 2 saturated carbocycles. The lowest BCUT2D eigenvalue weighted by Gasteiger charge is -2.32. The number of nitrogens with one attached hydrogen (secondary N) is 1. The fourth-order valence-electron chi connectivity index (χ4n) is 3.26. The second-order valence-electron chi connectivity index (χ2n) is 6.09. The first-order chi connectivity index (χ1) is 8.15. The fourth-order valence-corrected chi connectivity index (χ4v) is 3.26. The van der Waals surface area contributed by atoms with Crippen LogP contribution in [0.2, 0.25) is 0 Å². The molecule has 2 aliphatic rings. The van der Waals surface area contributed by atoms with Gasteiger partial charge in [0.2, 0.25) is 5.91 Å². The molecule has 98 valence electrons. The second kappa shape index (κ2) is 5.38. The van der Waals surface area contributed by atoms with Crippen LogP contribution in [-0.2, 0) is 4.79 Å². The first-order valence-corrected chi connectivity index (χ1v) is 7.08. The van der Waals surface area contributed by atoms with E-state index in [0.717, 1.165) is 44.4 Å². The van der Waals surface area contributed by atoms with E-state index in [9.17, 15) is 9.90 Å². The number of amides is 1. The van der Waals surface area contributed by atoms with Gasteiger partial charge in [0.1, 0.15) is 0 Å². The van der Waals surface area contributed by atoms with Crippen LogP contribution in [0.15, 0.2) is 0 Å². The van der Waals surface area contributed by atoms with Gasteiger partial charge in [-0.15, -0.1) is 0 Å². The molecule has 3 heteroatoms. The van der Waals surface area contributed by atoms with Crippen molar-refractivity contribution in [3.8, 4) is 0 Å². The van der Waals surface area contributed by atoms with E-state index in [-0.39, 0.29) is 24.0 Å². The maximum atomic E-state index is 12.2. The molecule has 2 N–H and O–H groups in total. The standard InChI is InChI=1S/C14H25NO2/c1-11-4-6-12(7-5-11)13(17)15-14(10-16)8-2-3-9-14/h11-12,16H,2-10H2,1H3,(H,15,17)/t11-,12+. The number of aliphatic hydroxyl groups excluding tert-OH is 1. The van der Waals surface area contributed by atoms with Crippen molar-refractivity contribution >= 4 is 5.91 Å². The highest BCUT2D eigenvalue weighted by atomic mass is 16.3. The minimum absolute atomic E-state index is 0.0991.